The highest BCUT2D eigenvalue weighted by molar-refractivity contribution is 5.94. The second kappa shape index (κ2) is 16.6. The summed E-state index contributed by atoms with van der Waals surface area (Å²) >= 11 is 0. The van der Waals surface area contributed by atoms with E-state index in [0.29, 0.717) is 48.3 Å². The number of fused-ring (bicyclic) bond motifs is 2. The summed E-state index contributed by atoms with van der Waals surface area (Å²) < 4.78 is 13.1. The first-order valence-electron chi connectivity index (χ1n) is 20.3. The molecule has 1 saturated carbocycles. The summed E-state index contributed by atoms with van der Waals surface area (Å²) in [5.41, 5.74) is 5.05. The Morgan fingerprint density at radius 3 is 2.42 bits per heavy atom. The summed E-state index contributed by atoms with van der Waals surface area (Å²) in [6, 6.07) is 11.9. The van der Waals surface area contributed by atoms with Gasteiger partial charge in [0, 0.05) is 44.6 Å². The van der Waals surface area contributed by atoms with Gasteiger partial charge in [-0.25, -0.2) is 4.79 Å². The predicted octanol–water partition coefficient (Wildman–Crippen LogP) is 6.56. The molecule has 3 fully saturated rings. The Morgan fingerprint density at radius 2 is 1.66 bits per heavy atom. The van der Waals surface area contributed by atoms with E-state index >= 15 is 0 Å². The van der Waals surface area contributed by atoms with Crippen LogP contribution in [0, 0.1) is 42.4 Å². The van der Waals surface area contributed by atoms with Gasteiger partial charge in [0.1, 0.15) is 0 Å². The largest absolute Gasteiger partial charge is 0.452 e. The number of aryl methyl sites for hydroxylation is 3. The number of likely N-dealkylation sites (tertiary alicyclic amines) is 1. The predicted molar refractivity (Wildman–Crippen MR) is 205 cm³/mol. The molecule has 286 valence electrons. The highest BCUT2D eigenvalue weighted by atomic mass is 16.5. The molecule has 2 saturated heterocycles. The molecule has 2 N–H and O–H groups in total. The van der Waals surface area contributed by atoms with E-state index in [1.807, 2.05) is 36.1 Å². The molecule has 1 aliphatic carbocycles. The van der Waals surface area contributed by atoms with Crippen molar-refractivity contribution in [2.24, 2.45) is 42.6 Å². The van der Waals surface area contributed by atoms with Gasteiger partial charge < -0.3 is 24.7 Å². The lowest BCUT2D eigenvalue weighted by molar-refractivity contribution is -0.161. The summed E-state index contributed by atoms with van der Waals surface area (Å²) in [5, 5.41) is 6.65. The lowest BCUT2D eigenvalue weighted by Crippen LogP contribution is -2.47. The number of benzene rings is 2. The standard InChI is InChI=1S/C43H58N4O6/c1-27-24-30(25-37-40(27)46(3)43(51)53-37)26-38(42(50)47-22-18-33(19-23-47)32-16-20-44-21-17-32)52-39(48)15-10-29-8-11-31(12-9-29)28(2)35-14-13-34-6-4-5-7-36(34)45-41(35)49/h4-7,24-25,28-29,31-33,35,38,44H,8-23,26H2,1-3H3,(H,45,49)/t28?,29?,31?,35?,38-/m1/s1. The Bertz CT molecular complexity index is 1830. The summed E-state index contributed by atoms with van der Waals surface area (Å²) in [4.78, 5) is 55.0. The SMILES string of the molecule is Cc1cc(C[C@@H](OC(=O)CCC2CCC(C(C)C3CCc4ccccc4NC3=O)CC2)C(=O)N2CCC(C3CCNCC3)CC2)cc2oc(=O)n(C)c12. The van der Waals surface area contributed by atoms with E-state index in [0.717, 1.165) is 93.2 Å². The van der Waals surface area contributed by atoms with E-state index in [1.54, 1.807) is 13.1 Å². The Labute approximate surface area is 313 Å². The Hall–Kier alpha value is -3.92. The zero-order valence-corrected chi connectivity index (χ0v) is 31.9. The minimum absolute atomic E-state index is 0.00571. The van der Waals surface area contributed by atoms with Crippen LogP contribution in [0.5, 0.6) is 0 Å². The van der Waals surface area contributed by atoms with E-state index in [2.05, 4.69) is 23.6 Å². The summed E-state index contributed by atoms with van der Waals surface area (Å²) in [5.74, 6) is 1.82. The average Bonchev–Trinajstić information content (AvgIpc) is 3.35. The van der Waals surface area contributed by atoms with Crippen LogP contribution in [0.15, 0.2) is 45.6 Å². The van der Waals surface area contributed by atoms with Crippen molar-refractivity contribution in [2.75, 3.05) is 31.5 Å². The number of hydrogen-bond donors (Lipinski definition) is 2. The molecule has 10 heteroatoms. The molecule has 10 nitrogen and oxygen atoms in total. The van der Waals surface area contributed by atoms with Crippen molar-refractivity contribution >= 4 is 34.6 Å². The van der Waals surface area contributed by atoms with Gasteiger partial charge in [-0.3, -0.25) is 19.0 Å². The number of nitrogens with one attached hydrogen (secondary N) is 2. The molecule has 2 unspecified atom stereocenters. The molecule has 4 aliphatic rings. The molecular weight excluding hydrogens is 668 g/mol. The van der Waals surface area contributed by atoms with Gasteiger partial charge in [-0.1, -0.05) is 44.0 Å². The van der Waals surface area contributed by atoms with Crippen LogP contribution >= 0.6 is 0 Å². The molecule has 0 bridgehead atoms. The molecule has 7 rings (SSSR count). The molecule has 3 aliphatic heterocycles. The van der Waals surface area contributed by atoms with E-state index in [-0.39, 0.29) is 36.5 Å². The van der Waals surface area contributed by atoms with Crippen LogP contribution in [-0.2, 0) is 39.0 Å². The van der Waals surface area contributed by atoms with Crippen molar-refractivity contribution < 1.29 is 23.5 Å². The number of nitrogens with zero attached hydrogens (tertiary/aromatic N) is 2. The number of aromatic nitrogens is 1. The van der Waals surface area contributed by atoms with Crippen LogP contribution in [-0.4, -0.2) is 59.5 Å². The number of rotatable bonds is 10. The number of oxazole rings is 1. The highest BCUT2D eigenvalue weighted by Crippen LogP contribution is 2.41. The van der Waals surface area contributed by atoms with Gasteiger partial charge in [0.2, 0.25) is 5.91 Å². The first-order valence-corrected chi connectivity index (χ1v) is 20.3. The number of anilines is 1. The maximum atomic E-state index is 14.1. The van der Waals surface area contributed by atoms with Crippen molar-refractivity contribution in [3.63, 3.8) is 0 Å². The van der Waals surface area contributed by atoms with E-state index in [4.69, 9.17) is 9.15 Å². The van der Waals surface area contributed by atoms with Crippen LogP contribution in [0.2, 0.25) is 0 Å². The summed E-state index contributed by atoms with van der Waals surface area (Å²) in [6.45, 7) is 7.69. The third kappa shape index (κ3) is 8.58. The number of ether oxygens (including phenoxy) is 1. The molecule has 4 heterocycles. The van der Waals surface area contributed by atoms with Crippen molar-refractivity contribution in [1.29, 1.82) is 0 Å². The minimum Gasteiger partial charge on any atom is -0.452 e. The fourth-order valence-corrected chi connectivity index (χ4v) is 10.1. The third-order valence-electron chi connectivity index (χ3n) is 13.4. The lowest BCUT2D eigenvalue weighted by atomic mass is 9.70. The first kappa shape index (κ1) is 37.4. The molecular formula is C43H58N4O6. The fourth-order valence-electron chi connectivity index (χ4n) is 10.1. The second-order valence-corrected chi connectivity index (χ2v) is 16.6. The van der Waals surface area contributed by atoms with E-state index in [9.17, 15) is 19.2 Å². The Balaban J connectivity index is 0.947. The first-order chi connectivity index (χ1) is 25.6. The van der Waals surface area contributed by atoms with Gasteiger partial charge in [0.25, 0.3) is 5.91 Å². The number of piperidine rings is 2. The van der Waals surface area contributed by atoms with Crippen molar-refractivity contribution in [3.05, 3.63) is 63.6 Å². The van der Waals surface area contributed by atoms with Crippen molar-refractivity contribution in [1.82, 2.24) is 14.8 Å². The fraction of sp³-hybridized carbons (Fsp3) is 0.628. The van der Waals surface area contributed by atoms with Gasteiger partial charge in [0.05, 0.1) is 5.52 Å². The Morgan fingerprint density at radius 1 is 0.943 bits per heavy atom. The van der Waals surface area contributed by atoms with Crippen LogP contribution < -0.4 is 16.4 Å². The van der Waals surface area contributed by atoms with Crippen LogP contribution in [0.25, 0.3) is 11.1 Å². The van der Waals surface area contributed by atoms with Gasteiger partial charge >= 0.3 is 11.7 Å². The van der Waals surface area contributed by atoms with E-state index < -0.39 is 11.9 Å². The number of carbonyl (C=O) groups is 3. The second-order valence-electron chi connectivity index (χ2n) is 16.6. The van der Waals surface area contributed by atoms with Gasteiger partial charge in [-0.05, 0) is 136 Å². The lowest BCUT2D eigenvalue weighted by Gasteiger charge is -2.38. The maximum Gasteiger partial charge on any atom is 0.419 e. The molecule has 0 spiro atoms. The number of esters is 1. The monoisotopic (exact) mass is 726 g/mol. The van der Waals surface area contributed by atoms with Gasteiger partial charge in [0.15, 0.2) is 11.7 Å². The molecule has 53 heavy (non-hydrogen) atoms. The zero-order chi connectivity index (χ0) is 37.1. The third-order valence-corrected chi connectivity index (χ3v) is 13.4. The molecule has 0 radical (unpaired) electrons. The van der Waals surface area contributed by atoms with Crippen LogP contribution in [0.1, 0.15) is 94.2 Å². The maximum absolute atomic E-state index is 14.1. The van der Waals surface area contributed by atoms with Crippen molar-refractivity contribution in [3.8, 4) is 0 Å². The molecule has 1 aromatic heterocycles. The average molecular weight is 727 g/mol. The minimum atomic E-state index is -0.932. The number of carbonyl (C=O) groups excluding carboxylic acids is 3. The smallest absolute Gasteiger partial charge is 0.419 e. The normalized spacial score (nSPS) is 24.2. The number of para-hydroxylation sites is 1. The topological polar surface area (TPSA) is 123 Å². The summed E-state index contributed by atoms with van der Waals surface area (Å²) in [7, 11) is 1.69. The quantitative estimate of drug-likeness (QED) is 0.227. The number of hydrogen-bond acceptors (Lipinski definition) is 7. The van der Waals surface area contributed by atoms with Crippen molar-refractivity contribution in [2.45, 2.75) is 103 Å². The molecule has 3 atom stereocenters. The number of amides is 2. The van der Waals surface area contributed by atoms with E-state index in [1.165, 1.54) is 23.0 Å². The Kier molecular flexibility index (Phi) is 11.7. The molecule has 3 aromatic rings. The van der Waals surface area contributed by atoms with Crippen LogP contribution in [0.3, 0.4) is 0 Å². The summed E-state index contributed by atoms with van der Waals surface area (Å²) in [6.07, 6.45) is 10.7. The van der Waals surface area contributed by atoms with Gasteiger partial charge in [-0.15, -0.1) is 0 Å². The van der Waals surface area contributed by atoms with Gasteiger partial charge in [-0.2, -0.15) is 0 Å². The zero-order valence-electron chi connectivity index (χ0n) is 31.9. The van der Waals surface area contributed by atoms with Crippen LogP contribution in [0.4, 0.5) is 5.69 Å². The molecule has 2 amide bonds. The highest BCUT2D eigenvalue weighted by Gasteiger charge is 2.36. The molecule has 2 aromatic carbocycles.